The minimum atomic E-state index is -0.826. The van der Waals surface area contributed by atoms with Crippen LogP contribution in [0.15, 0.2) is 55.0 Å². The number of amides is 1. The van der Waals surface area contributed by atoms with Gasteiger partial charge in [-0.25, -0.2) is 8.78 Å². The molecule has 1 aliphatic heterocycles. The minimum Gasteiger partial charge on any atom is -0.381 e. The number of halogens is 3. The van der Waals surface area contributed by atoms with E-state index in [9.17, 15) is 13.6 Å². The van der Waals surface area contributed by atoms with Gasteiger partial charge in [-0.15, -0.1) is 0 Å². The van der Waals surface area contributed by atoms with Crippen molar-refractivity contribution in [1.82, 2.24) is 20.4 Å². The van der Waals surface area contributed by atoms with Gasteiger partial charge in [0.05, 0.1) is 33.8 Å². The molecule has 2 aromatic carbocycles. The Morgan fingerprint density at radius 3 is 2.65 bits per heavy atom. The number of carbonyl (C=O) groups is 1. The normalized spacial score (nSPS) is 14.6. The van der Waals surface area contributed by atoms with Crippen molar-refractivity contribution >= 4 is 29.4 Å². The van der Waals surface area contributed by atoms with Crippen LogP contribution in [0.4, 0.5) is 14.5 Å². The standard InChI is InChI=1S/C26H27ClF2N6O2/c1-15(31-18-6-9-37-10-7-18)32-24-13-17(12-21(28)19(24)14-30)26(36)33-25(23-5-8-35(2)34-23)16-3-4-20(27)22(29)11-16/h3-5,8,11-14,18,25,30-32H,1,6-7,9-10H2,2H3,(H,33,36)/t25-/m0/s1. The zero-order valence-corrected chi connectivity index (χ0v) is 20.9. The fraction of sp³-hybridized carbons (Fsp3) is 0.269. The Balaban J connectivity index is 1.60. The number of hydrogen-bond acceptors (Lipinski definition) is 6. The molecule has 0 aliphatic carbocycles. The Morgan fingerprint density at radius 2 is 2.00 bits per heavy atom. The molecule has 194 valence electrons. The molecule has 11 heteroatoms. The fourth-order valence-corrected chi connectivity index (χ4v) is 4.22. The Labute approximate surface area is 218 Å². The minimum absolute atomic E-state index is 0.000155. The topological polar surface area (TPSA) is 104 Å². The lowest BCUT2D eigenvalue weighted by Gasteiger charge is -2.26. The number of anilines is 1. The van der Waals surface area contributed by atoms with Crippen LogP contribution in [0.3, 0.4) is 0 Å². The number of hydrogen-bond donors (Lipinski definition) is 4. The van der Waals surface area contributed by atoms with Crippen molar-refractivity contribution < 1.29 is 18.3 Å². The molecule has 1 fully saturated rings. The molecular formula is C26H27ClF2N6O2. The van der Waals surface area contributed by atoms with E-state index in [1.165, 1.54) is 18.2 Å². The highest BCUT2D eigenvalue weighted by Crippen LogP contribution is 2.27. The Bertz CT molecular complexity index is 1320. The largest absolute Gasteiger partial charge is 0.381 e. The molecule has 1 amide bonds. The van der Waals surface area contributed by atoms with Crippen molar-refractivity contribution in [3.05, 3.63) is 94.0 Å². The molecule has 0 saturated carbocycles. The van der Waals surface area contributed by atoms with E-state index >= 15 is 0 Å². The van der Waals surface area contributed by atoms with Gasteiger partial charge in [0.15, 0.2) is 0 Å². The molecule has 1 saturated heterocycles. The molecule has 0 radical (unpaired) electrons. The molecule has 0 bridgehead atoms. The van der Waals surface area contributed by atoms with Gasteiger partial charge in [0, 0.05) is 44.3 Å². The molecule has 0 spiro atoms. The van der Waals surface area contributed by atoms with Crippen LogP contribution in [0.1, 0.15) is 46.1 Å². The number of benzene rings is 2. The van der Waals surface area contributed by atoms with E-state index in [-0.39, 0.29) is 27.9 Å². The number of aromatic nitrogens is 2. The molecule has 8 nitrogen and oxygen atoms in total. The molecule has 1 aromatic heterocycles. The van der Waals surface area contributed by atoms with E-state index in [1.807, 2.05) is 0 Å². The molecule has 3 aromatic rings. The highest BCUT2D eigenvalue weighted by molar-refractivity contribution is 6.30. The SMILES string of the molecule is C=C(Nc1cc(C(=O)N[C@@H](c2ccc(Cl)c(F)c2)c2ccn(C)n2)cc(F)c1C=N)NC1CCOCC1. The van der Waals surface area contributed by atoms with Crippen LogP contribution in [0.5, 0.6) is 0 Å². The van der Waals surface area contributed by atoms with Gasteiger partial charge in [-0.2, -0.15) is 5.10 Å². The van der Waals surface area contributed by atoms with Gasteiger partial charge in [0.25, 0.3) is 5.91 Å². The third-order valence-corrected chi connectivity index (χ3v) is 6.31. The smallest absolute Gasteiger partial charge is 0.252 e. The van der Waals surface area contributed by atoms with Crippen molar-refractivity contribution in [2.45, 2.75) is 24.9 Å². The van der Waals surface area contributed by atoms with Crippen LogP contribution in [-0.2, 0) is 11.8 Å². The highest BCUT2D eigenvalue weighted by atomic mass is 35.5. The van der Waals surface area contributed by atoms with Crippen molar-refractivity contribution in [2.24, 2.45) is 7.05 Å². The molecule has 1 atom stereocenters. The Morgan fingerprint density at radius 1 is 1.24 bits per heavy atom. The highest BCUT2D eigenvalue weighted by Gasteiger charge is 2.23. The summed E-state index contributed by atoms with van der Waals surface area (Å²) in [6.45, 7) is 5.22. The quantitative estimate of drug-likeness (QED) is 0.306. The van der Waals surface area contributed by atoms with Gasteiger partial charge in [-0.3, -0.25) is 9.48 Å². The first-order valence-corrected chi connectivity index (χ1v) is 12.0. The van der Waals surface area contributed by atoms with Crippen LogP contribution in [0.2, 0.25) is 5.02 Å². The predicted octanol–water partition coefficient (Wildman–Crippen LogP) is 4.52. The monoisotopic (exact) mass is 528 g/mol. The zero-order chi connectivity index (χ0) is 26.5. The van der Waals surface area contributed by atoms with Gasteiger partial charge in [0.2, 0.25) is 0 Å². The van der Waals surface area contributed by atoms with Crippen LogP contribution in [0, 0.1) is 17.0 Å². The second-order valence-electron chi connectivity index (χ2n) is 8.69. The average molecular weight is 529 g/mol. The summed E-state index contributed by atoms with van der Waals surface area (Å²) in [4.78, 5) is 13.3. The number of aryl methyl sites for hydroxylation is 1. The Kier molecular flexibility index (Phi) is 8.20. The summed E-state index contributed by atoms with van der Waals surface area (Å²) in [5, 5.41) is 21.0. The van der Waals surface area contributed by atoms with Crippen molar-refractivity contribution in [2.75, 3.05) is 18.5 Å². The van der Waals surface area contributed by atoms with Crippen LogP contribution < -0.4 is 16.0 Å². The van der Waals surface area contributed by atoms with Crippen molar-refractivity contribution in [3.63, 3.8) is 0 Å². The van der Waals surface area contributed by atoms with E-state index in [0.717, 1.165) is 25.1 Å². The number of nitrogens with one attached hydrogen (secondary N) is 4. The van der Waals surface area contributed by atoms with Crippen molar-refractivity contribution in [3.8, 4) is 0 Å². The first-order chi connectivity index (χ1) is 17.7. The summed E-state index contributed by atoms with van der Waals surface area (Å²) in [5.41, 5.74) is 1.06. The number of nitrogens with zero attached hydrogens (tertiary/aromatic N) is 2. The first kappa shape index (κ1) is 26.3. The summed E-state index contributed by atoms with van der Waals surface area (Å²) in [7, 11) is 1.72. The summed E-state index contributed by atoms with van der Waals surface area (Å²) in [5.74, 6) is -1.60. The maximum absolute atomic E-state index is 14.9. The summed E-state index contributed by atoms with van der Waals surface area (Å²) < 4.78 is 36.1. The Hall–Kier alpha value is -3.76. The van der Waals surface area contributed by atoms with E-state index in [1.54, 1.807) is 30.1 Å². The lowest BCUT2D eigenvalue weighted by molar-refractivity contribution is 0.0805. The maximum atomic E-state index is 14.9. The third kappa shape index (κ3) is 6.33. The second-order valence-corrected chi connectivity index (χ2v) is 9.10. The van der Waals surface area contributed by atoms with Crippen molar-refractivity contribution in [1.29, 1.82) is 5.41 Å². The molecule has 2 heterocycles. The lowest BCUT2D eigenvalue weighted by Crippen LogP contribution is -2.36. The molecule has 4 N–H and O–H groups in total. The summed E-state index contributed by atoms with van der Waals surface area (Å²) in [6, 6.07) is 7.70. The molecule has 1 aliphatic rings. The third-order valence-electron chi connectivity index (χ3n) is 6.00. The first-order valence-electron chi connectivity index (χ1n) is 11.6. The van der Waals surface area contributed by atoms with Gasteiger partial charge in [-0.1, -0.05) is 24.2 Å². The maximum Gasteiger partial charge on any atom is 0.252 e. The van der Waals surface area contributed by atoms with Crippen LogP contribution >= 0.6 is 11.6 Å². The number of rotatable bonds is 9. The molecule has 4 rings (SSSR count). The zero-order valence-electron chi connectivity index (χ0n) is 20.2. The van der Waals surface area contributed by atoms with E-state index in [0.29, 0.717) is 30.3 Å². The van der Waals surface area contributed by atoms with E-state index < -0.39 is 23.6 Å². The van der Waals surface area contributed by atoms with Gasteiger partial charge < -0.3 is 26.1 Å². The predicted molar refractivity (Wildman–Crippen MR) is 138 cm³/mol. The molecule has 0 unspecified atom stereocenters. The van der Waals surface area contributed by atoms with Crippen LogP contribution in [-0.4, -0.2) is 41.2 Å². The van der Waals surface area contributed by atoms with Gasteiger partial charge >= 0.3 is 0 Å². The molecular weight excluding hydrogens is 502 g/mol. The number of carbonyl (C=O) groups excluding carboxylic acids is 1. The fourth-order valence-electron chi connectivity index (χ4n) is 4.11. The average Bonchev–Trinajstić information content (AvgIpc) is 3.30. The van der Waals surface area contributed by atoms with Gasteiger partial charge in [0.1, 0.15) is 11.6 Å². The summed E-state index contributed by atoms with van der Waals surface area (Å²) >= 11 is 5.84. The number of ether oxygens (including phenoxy) is 1. The second kappa shape index (κ2) is 11.5. The summed E-state index contributed by atoms with van der Waals surface area (Å²) in [6.07, 6.45) is 4.16. The van der Waals surface area contributed by atoms with Gasteiger partial charge in [-0.05, 0) is 48.7 Å². The van der Waals surface area contributed by atoms with Crippen LogP contribution in [0.25, 0.3) is 0 Å². The van der Waals surface area contributed by atoms with E-state index in [4.69, 9.17) is 21.7 Å². The molecule has 37 heavy (non-hydrogen) atoms. The van der Waals surface area contributed by atoms with E-state index in [2.05, 4.69) is 27.6 Å². The lowest BCUT2D eigenvalue weighted by atomic mass is 10.0.